The minimum atomic E-state index is -1.16. The smallest absolute Gasteiger partial charge is 0.328 e. The Balaban J connectivity index is 0.866. The molecule has 0 fully saturated rings. The molecule has 2 atom stereocenters. The van der Waals surface area contributed by atoms with Crippen LogP contribution in [0.1, 0.15) is 85.4 Å². The lowest BCUT2D eigenvalue weighted by atomic mass is 9.97. The predicted octanol–water partition coefficient (Wildman–Crippen LogP) is 8.34. The SMILES string of the molecule is COC(=O)[C@H](Cc1cc(CN(Cc2ccccn2)Cc2ccccn2)c(O)c(CN(Cc2ccccn2)Cc2ccccn2)c1)NC(=O)CCNC(=O)[C@@H](N)Cc1cc(CN(Cc2ccccn2)Cc2ccccn2)c(O)c(CN(Cc2ccccn2)Cc2ccccn2)c1. The van der Waals surface area contributed by atoms with Gasteiger partial charge in [-0.3, -0.25) is 69.1 Å². The molecule has 0 aliphatic rings. The minimum absolute atomic E-state index is 0.00158. The number of ether oxygens (including phenoxy) is 1. The molecule has 0 aliphatic heterocycles. The minimum Gasteiger partial charge on any atom is -0.507 e. The molecule has 95 heavy (non-hydrogen) atoms. The third-order valence-corrected chi connectivity index (χ3v) is 15.8. The van der Waals surface area contributed by atoms with Crippen molar-refractivity contribution in [2.75, 3.05) is 13.7 Å². The maximum atomic E-state index is 14.0. The van der Waals surface area contributed by atoms with Gasteiger partial charge in [-0.15, -0.1) is 0 Å². The van der Waals surface area contributed by atoms with E-state index in [1.54, 1.807) is 49.6 Å². The maximum Gasteiger partial charge on any atom is 0.328 e. The first kappa shape index (κ1) is 67.3. The van der Waals surface area contributed by atoms with Gasteiger partial charge in [-0.05, 0) is 115 Å². The van der Waals surface area contributed by atoms with Crippen molar-refractivity contribution >= 4 is 17.8 Å². The number of aromatic nitrogens is 8. The van der Waals surface area contributed by atoms with Crippen molar-refractivity contribution in [2.45, 2.75) is 110 Å². The summed E-state index contributed by atoms with van der Waals surface area (Å²) in [6.07, 6.45) is 13.9. The topological polar surface area (TPSA) is 267 Å². The van der Waals surface area contributed by atoms with Gasteiger partial charge in [0.05, 0.1) is 58.7 Å². The highest BCUT2D eigenvalue weighted by atomic mass is 16.5. The Morgan fingerprint density at radius 3 is 0.916 bits per heavy atom. The van der Waals surface area contributed by atoms with E-state index < -0.39 is 29.9 Å². The highest BCUT2D eigenvalue weighted by Crippen LogP contribution is 2.32. The largest absolute Gasteiger partial charge is 0.507 e. The monoisotopic (exact) mass is 1270 g/mol. The number of hydrogen-bond donors (Lipinski definition) is 5. The highest BCUT2D eigenvalue weighted by Gasteiger charge is 2.27. The summed E-state index contributed by atoms with van der Waals surface area (Å²) in [5.74, 6) is -1.52. The average Bonchev–Trinajstić information content (AvgIpc) is 1.06. The molecule has 486 valence electrons. The van der Waals surface area contributed by atoms with Crippen LogP contribution in [0.15, 0.2) is 219 Å². The van der Waals surface area contributed by atoms with Crippen molar-refractivity contribution in [2.24, 2.45) is 5.73 Å². The second kappa shape index (κ2) is 34.9. The van der Waals surface area contributed by atoms with Crippen LogP contribution in [0.2, 0.25) is 0 Å². The molecule has 10 rings (SSSR count). The van der Waals surface area contributed by atoms with E-state index in [0.29, 0.717) is 98.8 Å². The standard InChI is InChI=1S/C74H79N15O6/c1-95-74(94)69(41-55-38-58(44-88(50-64-22-6-14-31-80-64)51-65-23-7-15-32-81-65)72(92)59(39-55)45-89(52-66-24-8-16-33-82-66)53-67-25-9-17-34-83-67)85-70(90)26-35-84-73(93)68(75)40-54-36-56(42-86(46-60-18-2-10-27-76-60)47-61-19-3-11-28-77-61)71(91)57(37-54)43-87(48-62-20-4-12-29-78-62)49-63-21-5-13-30-79-63/h2-25,27-34,36-39,68-69,91-92H,26,35,40-53,75H2,1H3,(H,84,93)(H,85,90)/t68-,69-/m0/s1. The molecule has 21 heteroatoms. The molecule has 8 aromatic heterocycles. The Bertz CT molecular complexity index is 3600. The zero-order chi connectivity index (χ0) is 66.0. The van der Waals surface area contributed by atoms with Gasteiger partial charge < -0.3 is 31.3 Å². The lowest BCUT2D eigenvalue weighted by Crippen LogP contribution is -2.46. The molecule has 0 spiro atoms. The lowest BCUT2D eigenvalue weighted by molar-refractivity contribution is -0.145. The third-order valence-electron chi connectivity index (χ3n) is 15.8. The van der Waals surface area contributed by atoms with Crippen LogP contribution >= 0.6 is 0 Å². The number of phenols is 2. The molecule has 0 unspecified atom stereocenters. The number of carbonyl (C=O) groups excluding carboxylic acids is 3. The van der Waals surface area contributed by atoms with Crippen LogP contribution < -0.4 is 16.4 Å². The fraction of sp³-hybridized carbons (Fsp3) is 0.257. The number of nitrogens with zero attached hydrogens (tertiary/aromatic N) is 12. The van der Waals surface area contributed by atoms with E-state index in [2.05, 4.69) is 70.1 Å². The molecule has 0 aliphatic carbocycles. The van der Waals surface area contributed by atoms with Crippen LogP contribution in [0, 0.1) is 0 Å². The highest BCUT2D eigenvalue weighted by molar-refractivity contribution is 5.86. The summed E-state index contributed by atoms with van der Waals surface area (Å²) >= 11 is 0. The zero-order valence-electron chi connectivity index (χ0n) is 53.2. The summed E-state index contributed by atoms with van der Waals surface area (Å²) in [5.41, 5.74) is 17.2. The Labute approximate surface area is 553 Å². The molecule has 0 radical (unpaired) electrons. The number of rotatable bonds is 34. The second-order valence-corrected chi connectivity index (χ2v) is 23.4. The van der Waals surface area contributed by atoms with Gasteiger partial charge >= 0.3 is 5.97 Å². The van der Waals surface area contributed by atoms with E-state index in [0.717, 1.165) is 45.6 Å². The number of nitrogens with one attached hydrogen (secondary N) is 2. The molecule has 0 saturated heterocycles. The maximum absolute atomic E-state index is 14.0. The normalized spacial score (nSPS) is 12.0. The summed E-state index contributed by atoms with van der Waals surface area (Å²) in [4.78, 5) is 87.3. The summed E-state index contributed by atoms with van der Waals surface area (Å²) < 4.78 is 5.30. The number of hydrogen-bond acceptors (Lipinski definition) is 19. The Hall–Kier alpha value is -10.6. The number of amides is 2. The molecule has 8 heterocycles. The number of pyridine rings is 8. The van der Waals surface area contributed by atoms with Crippen LogP contribution in [-0.2, 0) is 110 Å². The van der Waals surface area contributed by atoms with E-state index in [1.807, 2.05) is 170 Å². The van der Waals surface area contributed by atoms with Gasteiger partial charge in [-0.25, -0.2) is 4.79 Å². The van der Waals surface area contributed by atoms with Gasteiger partial charge in [0.25, 0.3) is 0 Å². The van der Waals surface area contributed by atoms with Crippen LogP contribution in [0.25, 0.3) is 0 Å². The van der Waals surface area contributed by atoms with Crippen molar-refractivity contribution in [1.29, 1.82) is 0 Å². The Morgan fingerprint density at radius 2 is 0.674 bits per heavy atom. The van der Waals surface area contributed by atoms with Gasteiger partial charge in [0.2, 0.25) is 11.8 Å². The Kier molecular flexibility index (Phi) is 24.8. The van der Waals surface area contributed by atoms with Gasteiger partial charge in [0, 0.05) is 170 Å². The molecule has 21 nitrogen and oxygen atoms in total. The summed E-state index contributed by atoms with van der Waals surface area (Å²) in [6.45, 7) is 4.60. The number of benzene rings is 2. The van der Waals surface area contributed by atoms with Crippen LogP contribution in [-0.4, -0.2) is 113 Å². The molecular formula is C74H79N15O6. The van der Waals surface area contributed by atoms with Crippen LogP contribution in [0.3, 0.4) is 0 Å². The molecule has 6 N–H and O–H groups in total. The number of carbonyl (C=O) groups is 3. The average molecular weight is 1270 g/mol. The number of methoxy groups -OCH3 is 1. The first-order chi connectivity index (χ1) is 46.4. The fourth-order valence-electron chi connectivity index (χ4n) is 11.4. The number of aromatic hydroxyl groups is 2. The van der Waals surface area contributed by atoms with E-state index in [1.165, 1.54) is 7.11 Å². The van der Waals surface area contributed by atoms with E-state index in [9.17, 15) is 24.6 Å². The molecule has 2 amide bonds. The van der Waals surface area contributed by atoms with Gasteiger partial charge in [0.1, 0.15) is 17.5 Å². The first-order valence-electron chi connectivity index (χ1n) is 31.6. The molecule has 2 aromatic carbocycles. The Morgan fingerprint density at radius 1 is 0.411 bits per heavy atom. The van der Waals surface area contributed by atoms with Crippen molar-refractivity contribution in [3.8, 4) is 11.5 Å². The van der Waals surface area contributed by atoms with Crippen molar-refractivity contribution in [3.05, 3.63) is 298 Å². The number of nitrogens with two attached hydrogens (primary N) is 1. The molecule has 0 bridgehead atoms. The van der Waals surface area contributed by atoms with Crippen molar-refractivity contribution < 1.29 is 29.3 Å². The van der Waals surface area contributed by atoms with Crippen molar-refractivity contribution in [3.63, 3.8) is 0 Å². The number of esters is 1. The van der Waals surface area contributed by atoms with Crippen molar-refractivity contribution in [1.82, 2.24) is 70.1 Å². The predicted molar refractivity (Wildman–Crippen MR) is 359 cm³/mol. The lowest BCUT2D eigenvalue weighted by Gasteiger charge is -2.26. The van der Waals surface area contributed by atoms with E-state index in [-0.39, 0.29) is 50.4 Å². The van der Waals surface area contributed by atoms with Gasteiger partial charge in [-0.1, -0.05) is 72.8 Å². The van der Waals surface area contributed by atoms with Crippen LogP contribution in [0.5, 0.6) is 11.5 Å². The van der Waals surface area contributed by atoms with Crippen LogP contribution in [0.4, 0.5) is 0 Å². The number of phenolic OH excluding ortho intramolecular Hbond substituents is 2. The second-order valence-electron chi connectivity index (χ2n) is 23.4. The molecular weight excluding hydrogens is 1190 g/mol. The molecule has 0 saturated carbocycles. The van der Waals surface area contributed by atoms with Gasteiger partial charge in [-0.2, -0.15) is 0 Å². The van der Waals surface area contributed by atoms with Gasteiger partial charge in [0.15, 0.2) is 0 Å². The fourth-order valence-corrected chi connectivity index (χ4v) is 11.4. The quantitative estimate of drug-likeness (QED) is 0.0237. The third kappa shape index (κ3) is 21.2. The summed E-state index contributed by atoms with van der Waals surface area (Å²) in [5, 5.41) is 30.5. The summed E-state index contributed by atoms with van der Waals surface area (Å²) in [7, 11) is 1.26. The van der Waals surface area contributed by atoms with E-state index >= 15 is 0 Å². The zero-order valence-corrected chi connectivity index (χ0v) is 53.2. The first-order valence-corrected chi connectivity index (χ1v) is 31.6. The molecule has 10 aromatic rings. The van der Waals surface area contributed by atoms with E-state index in [4.69, 9.17) is 10.5 Å². The summed E-state index contributed by atoms with van der Waals surface area (Å²) in [6, 6.07) is 51.3.